The lowest BCUT2D eigenvalue weighted by Gasteiger charge is -2.02. The van der Waals surface area contributed by atoms with Crippen molar-refractivity contribution in [1.82, 2.24) is 10.2 Å². The number of carbonyl (C=O) groups excluding carboxylic acids is 1. The van der Waals surface area contributed by atoms with Crippen LogP contribution in [0.4, 0.5) is 10.8 Å². The van der Waals surface area contributed by atoms with E-state index < -0.39 is 0 Å². The summed E-state index contributed by atoms with van der Waals surface area (Å²) in [6.45, 7) is 2.98. The Balaban J connectivity index is 1.77. The minimum atomic E-state index is -0.0422. The van der Waals surface area contributed by atoms with Gasteiger partial charge in [-0.25, -0.2) is 0 Å². The van der Waals surface area contributed by atoms with Crippen molar-refractivity contribution in [3.63, 3.8) is 0 Å². The maximum absolute atomic E-state index is 11.8. The quantitative estimate of drug-likeness (QED) is 0.769. The third-order valence-electron chi connectivity index (χ3n) is 2.32. The smallest absolute Gasteiger partial charge is 0.234 e. The summed E-state index contributed by atoms with van der Waals surface area (Å²) >= 11 is 2.87. The largest absolute Gasteiger partial charge is 0.360 e. The first-order valence-electron chi connectivity index (χ1n) is 6.33. The van der Waals surface area contributed by atoms with Gasteiger partial charge in [0.15, 0.2) is 4.34 Å². The van der Waals surface area contributed by atoms with E-state index in [4.69, 9.17) is 0 Å². The number of carbonyl (C=O) groups is 1. The topological polar surface area (TPSA) is 66.9 Å². The Bertz CT molecular complexity index is 544. The lowest BCUT2D eigenvalue weighted by Crippen LogP contribution is -2.13. The van der Waals surface area contributed by atoms with Gasteiger partial charge in [0.2, 0.25) is 11.0 Å². The molecule has 2 aromatic rings. The molecule has 1 aromatic carbocycles. The van der Waals surface area contributed by atoms with E-state index in [2.05, 4.69) is 27.8 Å². The van der Waals surface area contributed by atoms with Crippen molar-refractivity contribution in [2.75, 3.05) is 22.9 Å². The van der Waals surface area contributed by atoms with E-state index in [9.17, 15) is 4.79 Å². The van der Waals surface area contributed by atoms with Crippen LogP contribution in [0.15, 0.2) is 34.7 Å². The standard InChI is InChI=1S/C13H16N4OS2/c1-2-8-14-12-16-17-13(20-12)19-9-11(18)15-10-6-4-3-5-7-10/h3-7H,2,8-9H2,1H3,(H,14,16)(H,15,18). The number of rotatable bonds is 7. The normalized spacial score (nSPS) is 10.2. The number of para-hydroxylation sites is 1. The highest BCUT2D eigenvalue weighted by Crippen LogP contribution is 2.25. The number of hydrogen-bond donors (Lipinski definition) is 2. The van der Waals surface area contributed by atoms with Crippen LogP contribution in [0, 0.1) is 0 Å². The highest BCUT2D eigenvalue weighted by atomic mass is 32.2. The van der Waals surface area contributed by atoms with Crippen LogP contribution < -0.4 is 10.6 Å². The Kier molecular flexibility index (Phi) is 5.82. The predicted molar refractivity (Wildman–Crippen MR) is 84.5 cm³/mol. The molecule has 0 aliphatic rings. The average molecular weight is 308 g/mol. The third kappa shape index (κ3) is 4.82. The zero-order chi connectivity index (χ0) is 14.2. The molecule has 0 spiro atoms. The highest BCUT2D eigenvalue weighted by molar-refractivity contribution is 8.01. The molecule has 0 fully saturated rings. The molecule has 2 N–H and O–H groups in total. The maximum atomic E-state index is 11.8. The van der Waals surface area contributed by atoms with Gasteiger partial charge in [0.05, 0.1) is 5.75 Å². The van der Waals surface area contributed by atoms with Gasteiger partial charge < -0.3 is 10.6 Å². The van der Waals surface area contributed by atoms with E-state index in [1.54, 1.807) is 0 Å². The van der Waals surface area contributed by atoms with Crippen LogP contribution in [0.2, 0.25) is 0 Å². The van der Waals surface area contributed by atoms with Crippen LogP contribution in [-0.2, 0) is 4.79 Å². The number of nitrogens with one attached hydrogen (secondary N) is 2. The van der Waals surface area contributed by atoms with Gasteiger partial charge in [-0.05, 0) is 18.6 Å². The minimum absolute atomic E-state index is 0.0422. The number of amides is 1. The molecule has 5 nitrogen and oxygen atoms in total. The molecular formula is C13H16N4OS2. The predicted octanol–water partition coefficient (Wildman–Crippen LogP) is 3.09. The number of aromatic nitrogens is 2. The van der Waals surface area contributed by atoms with Gasteiger partial charge >= 0.3 is 0 Å². The van der Waals surface area contributed by atoms with Crippen molar-refractivity contribution in [1.29, 1.82) is 0 Å². The second-order valence-electron chi connectivity index (χ2n) is 4.00. The minimum Gasteiger partial charge on any atom is -0.360 e. The summed E-state index contributed by atoms with van der Waals surface area (Å²) in [6.07, 6.45) is 1.04. The summed E-state index contributed by atoms with van der Waals surface area (Å²) in [4.78, 5) is 11.8. The lowest BCUT2D eigenvalue weighted by atomic mass is 10.3. The van der Waals surface area contributed by atoms with Gasteiger partial charge in [0, 0.05) is 12.2 Å². The van der Waals surface area contributed by atoms with E-state index in [1.807, 2.05) is 30.3 Å². The summed E-state index contributed by atoms with van der Waals surface area (Å²) in [5.74, 6) is 0.289. The molecule has 7 heteroatoms. The van der Waals surface area contributed by atoms with E-state index in [1.165, 1.54) is 23.1 Å². The number of thioether (sulfide) groups is 1. The fourth-order valence-electron chi connectivity index (χ4n) is 1.42. The second-order valence-corrected chi connectivity index (χ2v) is 6.20. The Labute approximate surface area is 126 Å². The van der Waals surface area contributed by atoms with Gasteiger partial charge in [0.25, 0.3) is 0 Å². The summed E-state index contributed by atoms with van der Waals surface area (Å²) in [6, 6.07) is 9.41. The van der Waals surface area contributed by atoms with Crippen molar-refractivity contribution in [2.24, 2.45) is 0 Å². The molecule has 106 valence electrons. The van der Waals surface area contributed by atoms with Gasteiger partial charge in [-0.15, -0.1) is 10.2 Å². The molecule has 2 rings (SSSR count). The van der Waals surface area contributed by atoms with Crippen LogP contribution in [0.5, 0.6) is 0 Å². The summed E-state index contributed by atoms with van der Waals surface area (Å²) in [5.41, 5.74) is 0.806. The summed E-state index contributed by atoms with van der Waals surface area (Å²) in [5, 5.41) is 14.9. The Morgan fingerprint density at radius 2 is 2.10 bits per heavy atom. The van der Waals surface area contributed by atoms with Crippen LogP contribution >= 0.6 is 23.1 Å². The van der Waals surface area contributed by atoms with Crippen LogP contribution in [0.1, 0.15) is 13.3 Å². The van der Waals surface area contributed by atoms with E-state index >= 15 is 0 Å². The third-order valence-corrected chi connectivity index (χ3v) is 4.33. The molecule has 0 aliphatic heterocycles. The van der Waals surface area contributed by atoms with E-state index in [0.717, 1.165) is 28.1 Å². The van der Waals surface area contributed by atoms with E-state index in [-0.39, 0.29) is 5.91 Å². The van der Waals surface area contributed by atoms with Gasteiger partial charge in [-0.1, -0.05) is 48.2 Å². The number of nitrogens with zero attached hydrogens (tertiary/aromatic N) is 2. The molecule has 0 unspecified atom stereocenters. The molecule has 0 saturated heterocycles. The number of benzene rings is 1. The first-order valence-corrected chi connectivity index (χ1v) is 8.13. The molecule has 0 bridgehead atoms. The molecule has 1 aromatic heterocycles. The lowest BCUT2D eigenvalue weighted by molar-refractivity contribution is -0.113. The zero-order valence-electron chi connectivity index (χ0n) is 11.1. The Hall–Kier alpha value is -1.60. The van der Waals surface area contributed by atoms with E-state index in [0.29, 0.717) is 5.75 Å². The number of anilines is 2. The van der Waals surface area contributed by atoms with Gasteiger partial charge in [0.1, 0.15) is 0 Å². The Morgan fingerprint density at radius 1 is 1.30 bits per heavy atom. The average Bonchev–Trinajstić information content (AvgIpc) is 2.92. The molecule has 1 heterocycles. The first kappa shape index (κ1) is 14.8. The van der Waals surface area contributed by atoms with Crippen molar-refractivity contribution < 1.29 is 4.79 Å². The van der Waals surface area contributed by atoms with Crippen molar-refractivity contribution in [3.8, 4) is 0 Å². The Morgan fingerprint density at radius 3 is 2.85 bits per heavy atom. The molecule has 0 aliphatic carbocycles. The highest BCUT2D eigenvalue weighted by Gasteiger charge is 2.08. The van der Waals surface area contributed by atoms with Gasteiger partial charge in [-0.3, -0.25) is 4.79 Å². The van der Waals surface area contributed by atoms with Crippen molar-refractivity contribution >= 4 is 39.8 Å². The molecule has 0 saturated carbocycles. The van der Waals surface area contributed by atoms with Crippen LogP contribution in [0.25, 0.3) is 0 Å². The first-order chi connectivity index (χ1) is 9.78. The SMILES string of the molecule is CCCNc1nnc(SCC(=O)Nc2ccccc2)s1. The van der Waals surface area contributed by atoms with Crippen LogP contribution in [0.3, 0.4) is 0 Å². The zero-order valence-corrected chi connectivity index (χ0v) is 12.8. The number of hydrogen-bond acceptors (Lipinski definition) is 6. The fourth-order valence-corrected chi connectivity index (χ4v) is 2.99. The fraction of sp³-hybridized carbons (Fsp3) is 0.308. The summed E-state index contributed by atoms with van der Waals surface area (Å²) in [7, 11) is 0. The molecule has 0 radical (unpaired) electrons. The van der Waals surface area contributed by atoms with Crippen molar-refractivity contribution in [3.05, 3.63) is 30.3 Å². The molecule has 0 atom stereocenters. The van der Waals surface area contributed by atoms with Crippen molar-refractivity contribution in [2.45, 2.75) is 17.7 Å². The molecule has 20 heavy (non-hydrogen) atoms. The van der Waals surface area contributed by atoms with Gasteiger partial charge in [-0.2, -0.15) is 0 Å². The summed E-state index contributed by atoms with van der Waals surface area (Å²) < 4.78 is 0.798. The molecular weight excluding hydrogens is 292 g/mol. The maximum Gasteiger partial charge on any atom is 0.234 e. The second kappa shape index (κ2) is 7.86. The van der Waals surface area contributed by atoms with Crippen LogP contribution in [-0.4, -0.2) is 28.4 Å². The molecule has 1 amide bonds. The monoisotopic (exact) mass is 308 g/mol.